The molecule has 0 bridgehead atoms. The highest BCUT2D eigenvalue weighted by Crippen LogP contribution is 2.51. The first-order valence-electron chi connectivity index (χ1n) is 12.6. The van der Waals surface area contributed by atoms with E-state index < -0.39 is 81.3 Å². The number of thiol groups is 1. The van der Waals surface area contributed by atoms with E-state index in [9.17, 15) is 24.2 Å². The van der Waals surface area contributed by atoms with Crippen molar-refractivity contribution in [3.63, 3.8) is 0 Å². The van der Waals surface area contributed by atoms with Crippen LogP contribution in [0.3, 0.4) is 0 Å². The quantitative estimate of drug-likeness (QED) is 0.0939. The Hall–Kier alpha value is -2.75. The Bertz CT molecular complexity index is 1890. The van der Waals surface area contributed by atoms with Crippen molar-refractivity contribution in [2.75, 3.05) is 18.9 Å². The zero-order chi connectivity index (χ0) is 31.3. The lowest BCUT2D eigenvalue weighted by Crippen LogP contribution is -2.32. The van der Waals surface area contributed by atoms with Crippen LogP contribution in [-0.2, 0) is 39.4 Å². The molecule has 6 heterocycles. The number of imidazole rings is 2. The molecule has 2 saturated heterocycles. The zero-order valence-corrected chi connectivity index (χ0v) is 25.4. The number of alkyl halides is 1. The molecule has 9 atom stereocenters. The molecule has 0 aliphatic carbocycles. The lowest BCUT2D eigenvalue weighted by Gasteiger charge is -2.26. The first kappa shape index (κ1) is 31.2. The summed E-state index contributed by atoms with van der Waals surface area (Å²) in [4.78, 5) is 56.1. The Morgan fingerprint density at radius 1 is 1.18 bits per heavy atom. The van der Waals surface area contributed by atoms with E-state index >= 15 is 4.39 Å². The number of rotatable bonds is 10. The Morgan fingerprint density at radius 2 is 1.91 bits per heavy atom. The number of nitrogen functional groups attached to an aromatic ring is 1. The van der Waals surface area contributed by atoms with E-state index in [1.165, 1.54) is 17.2 Å². The van der Waals surface area contributed by atoms with Crippen LogP contribution in [-0.4, -0.2) is 92.8 Å². The molecule has 0 amide bonds. The molecule has 2 fully saturated rings. The van der Waals surface area contributed by atoms with Crippen LogP contribution in [0.4, 0.5) is 10.3 Å². The van der Waals surface area contributed by atoms with Gasteiger partial charge in [-0.2, -0.15) is 4.98 Å². The standard InChI is InChI=1S/C20H22FN9O10P2S2/c21-11-8(2-31)38-19(30-6-26-13-16(30)27-20(22)28-18(13)33)14(11)40-42(35,44)36-3-9-7(39-41(34)43)1-10(37-9)29-5-25-12-15(29)23-4-24-17(12)32/h4-11,14,19,31H,1-3H2,(H5-,22,23,24,27,28,32,33,34,35,43,44)/p+1/t7-,8+,9+,10+,11+,14+,19+,42?/m0/s1. The smallest absolute Gasteiger partial charge is 0.394 e. The lowest BCUT2D eigenvalue weighted by atomic mass is 10.1. The van der Waals surface area contributed by atoms with E-state index in [0.29, 0.717) is 0 Å². The van der Waals surface area contributed by atoms with Crippen molar-refractivity contribution in [2.45, 2.75) is 49.5 Å². The monoisotopic (exact) mass is 694 g/mol. The minimum Gasteiger partial charge on any atom is -0.394 e. The van der Waals surface area contributed by atoms with Gasteiger partial charge in [0, 0.05) is 6.42 Å². The molecule has 19 nitrogen and oxygen atoms in total. The summed E-state index contributed by atoms with van der Waals surface area (Å²) >= 11 is 8.97. The van der Waals surface area contributed by atoms with E-state index in [2.05, 4.69) is 42.2 Å². The number of H-pyrrole nitrogens is 2. The fourth-order valence-electron chi connectivity index (χ4n) is 4.98. The molecular weight excluding hydrogens is 671 g/mol. The number of aliphatic hydroxyl groups is 1. The van der Waals surface area contributed by atoms with Gasteiger partial charge in [0.1, 0.15) is 42.9 Å². The van der Waals surface area contributed by atoms with E-state index in [1.54, 1.807) is 0 Å². The van der Waals surface area contributed by atoms with Crippen molar-refractivity contribution in [3.05, 3.63) is 39.7 Å². The van der Waals surface area contributed by atoms with Crippen LogP contribution in [0.15, 0.2) is 28.6 Å². The van der Waals surface area contributed by atoms with E-state index in [1.807, 2.05) is 0 Å². The predicted molar refractivity (Wildman–Crippen MR) is 154 cm³/mol. The van der Waals surface area contributed by atoms with Crippen molar-refractivity contribution in [3.8, 4) is 0 Å². The zero-order valence-electron chi connectivity index (χ0n) is 21.9. The Balaban J connectivity index is 1.21. The van der Waals surface area contributed by atoms with Crippen LogP contribution in [0, 0.1) is 0 Å². The Labute approximate surface area is 255 Å². The van der Waals surface area contributed by atoms with Gasteiger partial charge in [-0.15, -0.1) is 4.52 Å². The van der Waals surface area contributed by atoms with Crippen LogP contribution < -0.4 is 16.9 Å². The molecule has 6 rings (SSSR count). The number of nitrogens with one attached hydrogen (secondary N) is 2. The van der Waals surface area contributed by atoms with Crippen molar-refractivity contribution in [2.24, 2.45) is 0 Å². The summed E-state index contributed by atoms with van der Waals surface area (Å²) in [5.74, 6) is -0.244. The molecule has 4 aromatic heterocycles. The number of aromatic amines is 2. The Kier molecular flexibility index (Phi) is 8.67. The third-order valence-electron chi connectivity index (χ3n) is 6.91. The second-order valence-electron chi connectivity index (χ2n) is 9.60. The summed E-state index contributed by atoms with van der Waals surface area (Å²) in [5, 5.41) is 9.66. The number of halogens is 1. The number of ether oxygens (including phenoxy) is 2. The number of nitrogens with zero attached hydrogens (tertiary/aromatic N) is 6. The van der Waals surface area contributed by atoms with E-state index in [4.69, 9.17) is 40.6 Å². The van der Waals surface area contributed by atoms with Gasteiger partial charge in [0.15, 0.2) is 34.7 Å². The molecule has 2 aliphatic heterocycles. The molecule has 0 aromatic carbocycles. The molecule has 4 aromatic rings. The summed E-state index contributed by atoms with van der Waals surface area (Å²) < 4.78 is 57.9. The molecule has 44 heavy (non-hydrogen) atoms. The Morgan fingerprint density at radius 3 is 2.64 bits per heavy atom. The maximum absolute atomic E-state index is 15.4. The van der Waals surface area contributed by atoms with Gasteiger partial charge in [-0.05, 0) is 16.4 Å². The fraction of sp³-hybridized carbons (Fsp3) is 0.500. The van der Waals surface area contributed by atoms with Crippen molar-refractivity contribution in [1.82, 2.24) is 39.0 Å². The second kappa shape index (κ2) is 12.2. The number of fused-ring (bicyclic) bond motifs is 2. The number of hydrogen-bond donors (Lipinski definition) is 6. The summed E-state index contributed by atoms with van der Waals surface area (Å²) in [6.45, 7) is -5.51. The minimum absolute atomic E-state index is 0.0660. The van der Waals surface area contributed by atoms with Crippen LogP contribution in [0.5, 0.6) is 0 Å². The van der Waals surface area contributed by atoms with Crippen molar-refractivity contribution < 1.29 is 42.0 Å². The highest BCUT2D eigenvalue weighted by molar-refractivity contribution is 8.39. The number of aromatic nitrogens is 8. The minimum atomic E-state index is -4.29. The molecule has 2 unspecified atom stereocenters. The average molecular weight is 695 g/mol. The molecule has 236 valence electrons. The van der Waals surface area contributed by atoms with Crippen LogP contribution in [0.2, 0.25) is 0 Å². The van der Waals surface area contributed by atoms with Crippen LogP contribution in [0.25, 0.3) is 22.3 Å². The third-order valence-corrected chi connectivity index (χ3v) is 9.20. The van der Waals surface area contributed by atoms with Gasteiger partial charge in [-0.25, -0.2) is 19.3 Å². The van der Waals surface area contributed by atoms with E-state index in [0.717, 1.165) is 10.9 Å². The predicted octanol–water partition coefficient (Wildman–Crippen LogP) is -0.0587. The van der Waals surface area contributed by atoms with Gasteiger partial charge in [0.2, 0.25) is 5.95 Å². The van der Waals surface area contributed by atoms with Gasteiger partial charge in [0.05, 0.1) is 32.2 Å². The highest BCUT2D eigenvalue weighted by atomic mass is 32.7. The number of anilines is 1. The molecule has 24 heteroatoms. The number of hydrogen-bond acceptors (Lipinski definition) is 15. The number of aliphatic hydroxyl groups excluding tert-OH is 1. The molecular formula is C20H23FN9O10P2S2+. The van der Waals surface area contributed by atoms with Crippen molar-refractivity contribution in [1.29, 1.82) is 0 Å². The molecule has 0 saturated carbocycles. The third kappa shape index (κ3) is 5.95. The SMILES string of the molecule is Nc1nc2c(ncn2[C@@H]2O[C@H](CO)[C@@H](F)[C@H]2OP(O)(=S)OC[C@H]2O[C@@H](n3cnc4c(=O)[nH]cnc43)C[C@@H]2O[P+](=O)S)c(=O)[nH]1. The lowest BCUT2D eigenvalue weighted by molar-refractivity contribution is -0.0529. The van der Waals surface area contributed by atoms with Crippen LogP contribution in [0.1, 0.15) is 18.9 Å². The average Bonchev–Trinajstić information content (AvgIpc) is 3.73. The molecule has 2 aliphatic rings. The molecule has 0 radical (unpaired) electrons. The first-order valence-corrected chi connectivity index (χ1v) is 17.5. The summed E-state index contributed by atoms with van der Waals surface area (Å²) in [5.41, 5.74) is 4.61. The fourth-order valence-corrected chi connectivity index (χ4v) is 7.20. The maximum Gasteiger partial charge on any atom is 0.582 e. The van der Waals surface area contributed by atoms with Crippen LogP contribution >= 0.6 is 26.2 Å². The van der Waals surface area contributed by atoms with E-state index in [-0.39, 0.29) is 34.7 Å². The summed E-state index contributed by atoms with van der Waals surface area (Å²) in [7, 11) is -2.40. The topological polar surface area (TPSA) is 257 Å². The molecule has 6 N–H and O–H groups in total. The van der Waals surface area contributed by atoms with Gasteiger partial charge in [-0.1, -0.05) is 0 Å². The van der Waals surface area contributed by atoms with Gasteiger partial charge >= 0.3 is 13.9 Å². The van der Waals surface area contributed by atoms with Gasteiger partial charge in [0.25, 0.3) is 11.1 Å². The largest absolute Gasteiger partial charge is 0.582 e. The normalized spacial score (nSPS) is 29.0. The van der Waals surface area contributed by atoms with Gasteiger partial charge in [-0.3, -0.25) is 28.2 Å². The van der Waals surface area contributed by atoms with Gasteiger partial charge < -0.3 is 34.7 Å². The summed E-state index contributed by atoms with van der Waals surface area (Å²) in [6, 6.07) is 0. The number of nitrogens with two attached hydrogens (primary N) is 1. The maximum atomic E-state index is 15.4. The molecule has 0 spiro atoms. The highest BCUT2D eigenvalue weighted by Gasteiger charge is 2.50. The second-order valence-corrected chi connectivity index (χ2v) is 14.1. The van der Waals surface area contributed by atoms with Crippen molar-refractivity contribution >= 4 is 66.3 Å². The first-order chi connectivity index (χ1) is 21.0. The summed E-state index contributed by atoms with van der Waals surface area (Å²) in [6.07, 6.45) is -5.39.